The van der Waals surface area contributed by atoms with Crippen molar-refractivity contribution in [2.45, 2.75) is 25.1 Å². The van der Waals surface area contributed by atoms with E-state index in [0.29, 0.717) is 12.4 Å². The van der Waals surface area contributed by atoms with Crippen LogP contribution in [0.5, 0.6) is 0 Å². The number of primary amides is 1. The fourth-order valence-electron chi connectivity index (χ4n) is 3.63. The van der Waals surface area contributed by atoms with Gasteiger partial charge in [0.2, 0.25) is 5.91 Å². The summed E-state index contributed by atoms with van der Waals surface area (Å²) >= 11 is 0. The van der Waals surface area contributed by atoms with Crippen molar-refractivity contribution in [3.05, 3.63) is 108 Å². The number of nitrogens with one attached hydrogen (secondary N) is 2. The Kier molecular flexibility index (Phi) is 7.49. The molecule has 0 radical (unpaired) electrons. The van der Waals surface area contributed by atoms with Crippen LogP contribution in [-0.2, 0) is 17.8 Å². The molecule has 0 saturated heterocycles. The molecule has 178 valence electrons. The first-order valence-corrected chi connectivity index (χ1v) is 11.1. The van der Waals surface area contributed by atoms with Crippen molar-refractivity contribution in [3.8, 4) is 5.82 Å². The molecular formula is C26H26N6O3. The van der Waals surface area contributed by atoms with Crippen molar-refractivity contribution >= 4 is 17.5 Å². The second kappa shape index (κ2) is 11.1. The number of hydrogen-bond acceptors (Lipinski definition) is 6. The lowest BCUT2D eigenvalue weighted by molar-refractivity contribution is -0.127. The van der Waals surface area contributed by atoms with E-state index in [9.17, 15) is 14.7 Å². The molecule has 4 aromatic rings. The van der Waals surface area contributed by atoms with Gasteiger partial charge in [0.15, 0.2) is 11.9 Å². The lowest BCUT2D eigenvalue weighted by Gasteiger charge is -2.22. The molecule has 0 saturated carbocycles. The molecule has 0 fully saturated rings. The van der Waals surface area contributed by atoms with E-state index in [4.69, 9.17) is 5.73 Å². The van der Waals surface area contributed by atoms with Gasteiger partial charge in [-0.2, -0.15) is 5.10 Å². The number of nitrogens with zero attached hydrogens (tertiary/aromatic N) is 3. The molecule has 4 rings (SSSR count). The average Bonchev–Trinajstić information content (AvgIpc) is 3.37. The molecule has 2 unspecified atom stereocenters. The standard InChI is InChI=1S/C26H26N6O3/c27-24(34)23(33)22(16-18-8-3-1-4-9-18)30-26(35)21-12-7-14-28-25(21)32-15-13-20(31-32)17-29-19-10-5-2-6-11-19/h1-15,22-23,29,33H,16-17H2,(H2,27,34)(H,30,35). The Labute approximate surface area is 202 Å². The van der Waals surface area contributed by atoms with Gasteiger partial charge in [0.1, 0.15) is 0 Å². The Morgan fingerprint density at radius 3 is 2.40 bits per heavy atom. The first-order chi connectivity index (χ1) is 17.0. The molecule has 0 spiro atoms. The van der Waals surface area contributed by atoms with Gasteiger partial charge in [-0.3, -0.25) is 9.59 Å². The van der Waals surface area contributed by atoms with Gasteiger partial charge in [0.25, 0.3) is 5.91 Å². The molecule has 2 heterocycles. The van der Waals surface area contributed by atoms with E-state index in [1.54, 1.807) is 24.5 Å². The Morgan fingerprint density at radius 1 is 0.971 bits per heavy atom. The van der Waals surface area contributed by atoms with Crippen LogP contribution < -0.4 is 16.4 Å². The Balaban J connectivity index is 1.52. The number of para-hydroxylation sites is 1. The highest BCUT2D eigenvalue weighted by Crippen LogP contribution is 2.14. The number of rotatable bonds is 10. The number of carbonyl (C=O) groups is 2. The summed E-state index contributed by atoms with van der Waals surface area (Å²) in [6.45, 7) is 0.495. The van der Waals surface area contributed by atoms with Crippen LogP contribution in [0.1, 0.15) is 21.6 Å². The fraction of sp³-hybridized carbons (Fsp3) is 0.154. The number of benzene rings is 2. The fourth-order valence-corrected chi connectivity index (χ4v) is 3.63. The Morgan fingerprint density at radius 2 is 1.69 bits per heavy atom. The van der Waals surface area contributed by atoms with Crippen molar-refractivity contribution in [1.29, 1.82) is 0 Å². The van der Waals surface area contributed by atoms with Crippen LogP contribution in [0.15, 0.2) is 91.3 Å². The molecule has 2 aromatic heterocycles. The van der Waals surface area contributed by atoms with Crippen LogP contribution in [0, 0.1) is 0 Å². The smallest absolute Gasteiger partial charge is 0.255 e. The minimum absolute atomic E-state index is 0.226. The van der Waals surface area contributed by atoms with Gasteiger partial charge in [-0.15, -0.1) is 0 Å². The summed E-state index contributed by atoms with van der Waals surface area (Å²) in [6.07, 6.45) is 1.96. The largest absolute Gasteiger partial charge is 0.381 e. The number of hydrogen-bond donors (Lipinski definition) is 4. The van der Waals surface area contributed by atoms with E-state index in [2.05, 4.69) is 20.7 Å². The quantitative estimate of drug-likeness (QED) is 0.280. The van der Waals surface area contributed by atoms with Gasteiger partial charge in [0.05, 0.1) is 23.8 Å². The van der Waals surface area contributed by atoms with Crippen LogP contribution >= 0.6 is 0 Å². The zero-order valence-corrected chi connectivity index (χ0v) is 18.9. The zero-order chi connectivity index (χ0) is 24.6. The van der Waals surface area contributed by atoms with Gasteiger partial charge >= 0.3 is 0 Å². The predicted molar refractivity (Wildman–Crippen MR) is 132 cm³/mol. The third kappa shape index (κ3) is 6.10. The van der Waals surface area contributed by atoms with Gasteiger partial charge in [0, 0.05) is 18.1 Å². The van der Waals surface area contributed by atoms with E-state index in [1.165, 1.54) is 4.68 Å². The molecule has 5 N–H and O–H groups in total. The first kappa shape index (κ1) is 23.7. The topological polar surface area (TPSA) is 135 Å². The van der Waals surface area contributed by atoms with Crippen molar-refractivity contribution in [3.63, 3.8) is 0 Å². The van der Waals surface area contributed by atoms with Crippen LogP contribution in [0.25, 0.3) is 5.82 Å². The molecule has 9 heteroatoms. The highest BCUT2D eigenvalue weighted by molar-refractivity contribution is 5.97. The maximum atomic E-state index is 13.2. The zero-order valence-electron chi connectivity index (χ0n) is 18.9. The lowest BCUT2D eigenvalue weighted by Crippen LogP contribution is -2.50. The molecule has 0 aliphatic heterocycles. The molecule has 9 nitrogen and oxygen atoms in total. The summed E-state index contributed by atoms with van der Waals surface area (Å²) in [7, 11) is 0. The van der Waals surface area contributed by atoms with Crippen molar-refractivity contribution in [1.82, 2.24) is 20.1 Å². The van der Waals surface area contributed by atoms with Gasteiger partial charge in [-0.1, -0.05) is 48.5 Å². The third-order valence-corrected chi connectivity index (χ3v) is 5.43. The summed E-state index contributed by atoms with van der Waals surface area (Å²) in [5, 5.41) is 20.9. The molecule has 0 bridgehead atoms. The Bertz CT molecular complexity index is 1280. The second-order valence-corrected chi connectivity index (χ2v) is 7.96. The highest BCUT2D eigenvalue weighted by atomic mass is 16.3. The van der Waals surface area contributed by atoms with Crippen molar-refractivity contribution in [2.75, 3.05) is 5.32 Å². The SMILES string of the molecule is NC(=O)C(O)C(Cc1ccccc1)NC(=O)c1cccnc1-n1ccc(CNc2ccccc2)n1. The number of aromatic nitrogens is 3. The number of aliphatic hydroxyl groups excluding tert-OH is 1. The van der Waals surface area contributed by atoms with Crippen LogP contribution in [0.4, 0.5) is 5.69 Å². The van der Waals surface area contributed by atoms with Crippen molar-refractivity contribution in [2.24, 2.45) is 5.73 Å². The summed E-state index contributed by atoms with van der Waals surface area (Å²) in [5.41, 5.74) is 8.14. The molecule has 0 aliphatic carbocycles. The Hall–Kier alpha value is -4.50. The monoisotopic (exact) mass is 470 g/mol. The number of nitrogens with two attached hydrogens (primary N) is 1. The highest BCUT2D eigenvalue weighted by Gasteiger charge is 2.27. The number of pyridine rings is 1. The minimum atomic E-state index is -1.56. The van der Waals surface area contributed by atoms with Gasteiger partial charge in [-0.25, -0.2) is 9.67 Å². The summed E-state index contributed by atoms with van der Waals surface area (Å²) in [5.74, 6) is -1.10. The third-order valence-electron chi connectivity index (χ3n) is 5.43. The van der Waals surface area contributed by atoms with E-state index >= 15 is 0 Å². The molecule has 2 atom stereocenters. The normalized spacial score (nSPS) is 12.5. The number of anilines is 1. The number of aliphatic hydroxyl groups is 1. The lowest BCUT2D eigenvalue weighted by atomic mass is 10.0. The predicted octanol–water partition coefficient (Wildman–Crippen LogP) is 2.07. The van der Waals surface area contributed by atoms with E-state index in [1.807, 2.05) is 66.7 Å². The molecule has 35 heavy (non-hydrogen) atoms. The summed E-state index contributed by atoms with van der Waals surface area (Å²) in [4.78, 5) is 29.2. The number of amides is 2. The maximum absolute atomic E-state index is 13.2. The van der Waals surface area contributed by atoms with Gasteiger partial charge in [-0.05, 0) is 42.3 Å². The molecular weight excluding hydrogens is 444 g/mol. The van der Waals surface area contributed by atoms with Crippen LogP contribution in [-0.4, -0.2) is 43.8 Å². The van der Waals surface area contributed by atoms with E-state index in [-0.39, 0.29) is 12.0 Å². The molecule has 2 aromatic carbocycles. The minimum Gasteiger partial charge on any atom is -0.381 e. The average molecular weight is 471 g/mol. The summed E-state index contributed by atoms with van der Waals surface area (Å²) < 4.78 is 1.52. The molecule has 2 amide bonds. The van der Waals surface area contributed by atoms with Crippen molar-refractivity contribution < 1.29 is 14.7 Å². The second-order valence-electron chi connectivity index (χ2n) is 7.96. The molecule has 0 aliphatic rings. The van der Waals surface area contributed by atoms with Gasteiger partial charge < -0.3 is 21.5 Å². The number of carbonyl (C=O) groups excluding carboxylic acids is 2. The summed E-state index contributed by atoms with van der Waals surface area (Å²) in [6, 6.07) is 23.1. The van der Waals surface area contributed by atoms with Crippen LogP contribution in [0.2, 0.25) is 0 Å². The van der Waals surface area contributed by atoms with E-state index in [0.717, 1.165) is 16.9 Å². The van der Waals surface area contributed by atoms with Crippen LogP contribution in [0.3, 0.4) is 0 Å². The maximum Gasteiger partial charge on any atom is 0.255 e. The first-order valence-electron chi connectivity index (χ1n) is 11.1. The van der Waals surface area contributed by atoms with E-state index < -0.39 is 24.0 Å².